The Bertz CT molecular complexity index is 4950. The summed E-state index contributed by atoms with van der Waals surface area (Å²) in [7, 11) is 1.65. The van der Waals surface area contributed by atoms with Gasteiger partial charge in [-0.25, -0.2) is 4.98 Å². The van der Waals surface area contributed by atoms with Crippen molar-refractivity contribution < 1.29 is 86.9 Å². The van der Waals surface area contributed by atoms with E-state index in [9.17, 15) is 58.2 Å². The molecular weight excluding hydrogens is 1620 g/mol. The summed E-state index contributed by atoms with van der Waals surface area (Å²) >= 11 is 0. The first-order valence-electron chi connectivity index (χ1n) is 39.4. The van der Waals surface area contributed by atoms with Gasteiger partial charge >= 0.3 is 5.97 Å². The molecule has 0 aliphatic carbocycles. The van der Waals surface area contributed by atoms with Crippen LogP contribution in [0.3, 0.4) is 0 Å². The number of aromatic amines is 4. The number of para-hydroxylation sites is 3. The number of aromatic nitrogens is 5. The summed E-state index contributed by atoms with van der Waals surface area (Å²) in [5.41, 5.74) is 25.9. The minimum atomic E-state index is -2.08. The molecule has 0 bridgehead atoms. The Morgan fingerprint density at radius 3 is 1.52 bits per heavy atom. The van der Waals surface area contributed by atoms with Crippen LogP contribution in [-0.4, -0.2) is 239 Å². The van der Waals surface area contributed by atoms with Gasteiger partial charge in [-0.05, 0) is 72.9 Å². The Morgan fingerprint density at radius 1 is 0.549 bits per heavy atom. The first kappa shape index (κ1) is 94.4. The number of hydrogen-bond acceptors (Lipinski definition) is 21. The van der Waals surface area contributed by atoms with E-state index in [0.29, 0.717) is 55.8 Å². The largest absolute Gasteiger partial charge is 0.481 e. The predicted octanol–water partition coefficient (Wildman–Crippen LogP) is -3.17. The average molecular weight is 1730 g/mol. The van der Waals surface area contributed by atoms with Crippen molar-refractivity contribution in [2.45, 2.75) is 184 Å². The molecule has 1 aliphatic rings. The van der Waals surface area contributed by atoms with Crippen molar-refractivity contribution in [3.63, 3.8) is 0 Å². The van der Waals surface area contributed by atoms with Gasteiger partial charge in [0, 0.05) is 115 Å². The Hall–Kier alpha value is -13.1. The third-order valence-electron chi connectivity index (χ3n) is 20.1. The van der Waals surface area contributed by atoms with Gasteiger partial charge < -0.3 is 122 Å². The number of aliphatic carboxylic acids is 1. The van der Waals surface area contributed by atoms with Gasteiger partial charge in [0.1, 0.15) is 72.5 Å². The maximum absolute atomic E-state index is 15.2. The first-order chi connectivity index (χ1) is 58.1. The molecule has 41 nitrogen and oxygen atoms in total. The Kier molecular flexibility index (Phi) is 35.1. The maximum Gasteiger partial charge on any atom is 0.305 e. The number of hydrogen-bond donors (Lipinski definition) is 23. The van der Waals surface area contributed by atoms with Crippen LogP contribution in [0.1, 0.15) is 102 Å². The number of aliphatic hydroxyl groups excluding tert-OH is 1. The number of carboxylic acids is 1. The lowest BCUT2D eigenvalue weighted by Crippen LogP contribution is -2.61. The van der Waals surface area contributed by atoms with Gasteiger partial charge in [-0.3, -0.25) is 81.7 Å². The van der Waals surface area contributed by atoms with Crippen molar-refractivity contribution in [2.24, 2.45) is 39.8 Å². The monoisotopic (exact) mass is 1730 g/mol. The maximum atomic E-state index is 15.2. The van der Waals surface area contributed by atoms with Crippen LogP contribution in [0.15, 0.2) is 109 Å². The molecule has 1 saturated heterocycles. The highest BCUT2D eigenvalue weighted by molar-refractivity contribution is 8.76. The molecule has 43 heteroatoms. The molecule has 122 heavy (non-hydrogen) atoms. The number of aliphatic imine (C=N–C) groups is 1. The van der Waals surface area contributed by atoms with E-state index < -0.39 is 229 Å². The number of carboxylic acid groups (broad SMARTS) is 1. The number of primary amides is 2. The van der Waals surface area contributed by atoms with Gasteiger partial charge in [0.25, 0.3) is 0 Å². The standard InChI is InChI=1S/C79H105N23O18S2/c1-7-39(4)65(91-41(6)104)78(120)100-60-36-122-121-35-59(76(118)102-66(40(5)103)67(81)109)99-69(111)52(21-14-24-85-79(82)83)93-73(115)57(28-45-33-84-37-90-45)96-71(113)55(26-43-31-87-50-19-12-9-16-47(43)50)92-62(106)34-89-68(110)54(25-42-30-86-49-18-11-8-15-46(42)49)95-74(116)58(29-63(107)108)97-70(112)53(22-23-61(80)105)94-72(114)56(98-77(119)64(38(2)3)101-75(60)117)27-44-32-88-51-20-13-10-17-48(44)51/h8-13,15-20,30-33,37-40,52-60,64-66,86-88,103H,7,14,21-29,34-36H2,1-6H3,(H2,80,105)(H2,81,109)(H,84,90)(H,89,110)(H,91,104)(H,92,106)(H,93,115)(H,94,114)(H,95,116)(H,96,113)(H,97,112)(H,98,119)(H,99,111)(H,100,120)(H,101,117)(H,102,118)(H,107,108)(H4,82,83,85)/t39-,40+,52-,53-,54-,55-,56+,57+,58+,59-,60-,64-,65-,66-/m0/s1. The second-order valence-electron chi connectivity index (χ2n) is 29.8. The minimum Gasteiger partial charge on any atom is -0.481 e. The quantitative estimate of drug-likeness (QED) is 0.0105. The molecular formula is C79H105N23O18S2. The fourth-order valence-electron chi connectivity index (χ4n) is 13.4. The molecule has 8 rings (SSSR count). The first-order valence-corrected chi connectivity index (χ1v) is 41.8. The van der Waals surface area contributed by atoms with Crippen molar-refractivity contribution in [1.82, 2.24) is 94.0 Å². The van der Waals surface area contributed by atoms with Crippen LogP contribution in [0.4, 0.5) is 0 Å². The topological polar surface area (TPSA) is 662 Å². The molecule has 0 unspecified atom stereocenters. The number of benzene rings is 3. The number of imidazole rings is 1. The molecule has 0 saturated carbocycles. The van der Waals surface area contributed by atoms with Crippen molar-refractivity contribution in [2.75, 3.05) is 24.6 Å². The van der Waals surface area contributed by atoms with Crippen LogP contribution in [0, 0.1) is 11.8 Å². The molecule has 0 radical (unpaired) electrons. The number of nitrogens with one attached hydrogen (secondary N) is 17. The second kappa shape index (κ2) is 45.4. The molecule has 3 aromatic carbocycles. The molecule has 5 heterocycles. The van der Waals surface area contributed by atoms with Gasteiger partial charge in [-0.15, -0.1) is 0 Å². The molecule has 14 atom stereocenters. The Balaban J connectivity index is 1.24. The summed E-state index contributed by atoms with van der Waals surface area (Å²) in [6.45, 7) is 7.77. The summed E-state index contributed by atoms with van der Waals surface area (Å²) in [6, 6.07) is 0.383. The van der Waals surface area contributed by atoms with E-state index in [2.05, 4.69) is 99.0 Å². The Labute approximate surface area is 707 Å². The summed E-state index contributed by atoms with van der Waals surface area (Å²) in [5, 5.41) is 56.2. The van der Waals surface area contributed by atoms with E-state index >= 15 is 28.8 Å². The number of fused-ring (bicyclic) bond motifs is 3. The highest BCUT2D eigenvalue weighted by Gasteiger charge is 2.40. The fraction of sp³-hybridized carbons (Fsp3) is 0.443. The highest BCUT2D eigenvalue weighted by Crippen LogP contribution is 2.27. The number of rotatable bonds is 27. The third kappa shape index (κ3) is 27.8. The van der Waals surface area contributed by atoms with E-state index in [-0.39, 0.29) is 50.3 Å². The molecule has 656 valence electrons. The lowest BCUT2D eigenvalue weighted by molar-refractivity contribution is -0.141. The normalized spacial score (nSPS) is 21.9. The number of amides is 15. The number of nitrogens with zero attached hydrogens (tertiary/aromatic N) is 2. The van der Waals surface area contributed by atoms with E-state index in [4.69, 9.17) is 22.9 Å². The van der Waals surface area contributed by atoms with Gasteiger partial charge in [0.15, 0.2) is 5.96 Å². The zero-order valence-electron chi connectivity index (χ0n) is 67.8. The molecule has 15 amide bonds. The number of guanidine groups is 1. The van der Waals surface area contributed by atoms with Crippen LogP contribution in [0.25, 0.3) is 32.7 Å². The van der Waals surface area contributed by atoms with Crippen LogP contribution in [0.5, 0.6) is 0 Å². The van der Waals surface area contributed by atoms with Gasteiger partial charge in [0.05, 0.1) is 31.1 Å². The van der Waals surface area contributed by atoms with E-state index in [1.165, 1.54) is 39.5 Å². The summed E-state index contributed by atoms with van der Waals surface area (Å²) in [5.74, 6) is -19.9. The van der Waals surface area contributed by atoms with E-state index in [1.54, 1.807) is 99.0 Å². The zero-order valence-corrected chi connectivity index (χ0v) is 69.5. The lowest BCUT2D eigenvalue weighted by atomic mass is 9.97. The van der Waals surface area contributed by atoms with Crippen LogP contribution >= 0.6 is 21.6 Å². The highest BCUT2D eigenvalue weighted by atomic mass is 33.1. The molecule has 27 N–H and O–H groups in total. The van der Waals surface area contributed by atoms with Crippen molar-refractivity contribution in [1.29, 1.82) is 0 Å². The Morgan fingerprint density at radius 2 is 1.02 bits per heavy atom. The lowest BCUT2D eigenvalue weighted by Gasteiger charge is -2.29. The van der Waals surface area contributed by atoms with Gasteiger partial charge in [0.2, 0.25) is 88.6 Å². The van der Waals surface area contributed by atoms with Crippen molar-refractivity contribution in [3.8, 4) is 0 Å². The molecule has 1 aliphatic heterocycles. The number of nitrogens with two attached hydrogens (primary N) is 4. The van der Waals surface area contributed by atoms with Crippen molar-refractivity contribution >= 4 is 155 Å². The molecule has 1 fully saturated rings. The number of carbonyl (C=O) groups excluding carboxylic acids is 15. The van der Waals surface area contributed by atoms with Crippen LogP contribution < -0.4 is 92.1 Å². The summed E-state index contributed by atoms with van der Waals surface area (Å²) in [6.07, 6.45) is 2.00. The second-order valence-corrected chi connectivity index (χ2v) is 32.4. The zero-order chi connectivity index (χ0) is 89.0. The fourth-order valence-corrected chi connectivity index (χ4v) is 15.7. The third-order valence-corrected chi connectivity index (χ3v) is 22.6. The van der Waals surface area contributed by atoms with Crippen LogP contribution in [-0.2, 0) is 102 Å². The molecule has 4 aromatic heterocycles. The van der Waals surface area contributed by atoms with Crippen LogP contribution in [0.2, 0.25) is 0 Å². The number of H-pyrrole nitrogens is 4. The van der Waals surface area contributed by atoms with E-state index in [0.717, 1.165) is 28.5 Å². The smallest absolute Gasteiger partial charge is 0.305 e. The number of carbonyl (C=O) groups is 16. The molecule has 0 spiro atoms. The minimum absolute atomic E-state index is 0.0376. The van der Waals surface area contributed by atoms with Crippen molar-refractivity contribution in [3.05, 3.63) is 126 Å². The SMILES string of the molecule is CC[C@H](C)[C@H](NC(C)=O)C(=O)N[C@H]1CSSC[C@@H](C(=O)N[C@H](C(N)=O)[C@@H](C)O)NC(=O)[C@H](CCCN=C(N)N)NC(=O)[C@@H](Cc2c[nH]cn2)NC(=O)[C@H](Cc2c[nH]c3ccccc23)NC(=O)CNC(=O)[C@H](Cc2c[nH]c3ccccc23)NC(=O)[C@@H](CC(=O)O)NC(=O)[C@H](CCC(N)=O)NC(=O)[C@@H](Cc2c[nH]c3ccccc23)NC(=O)[C@H](C(C)C)NC1=O. The van der Waals surface area contributed by atoms with Gasteiger partial charge in [-0.1, -0.05) is 110 Å². The van der Waals surface area contributed by atoms with Gasteiger partial charge in [-0.2, -0.15) is 0 Å². The predicted molar refractivity (Wildman–Crippen MR) is 451 cm³/mol. The molecule has 7 aromatic rings. The summed E-state index contributed by atoms with van der Waals surface area (Å²) in [4.78, 5) is 250. The summed E-state index contributed by atoms with van der Waals surface area (Å²) < 4.78 is 0. The number of aliphatic hydroxyl groups is 1. The van der Waals surface area contributed by atoms with E-state index in [1.807, 2.05) is 0 Å². The average Bonchev–Trinajstić information content (AvgIpc) is 1.66.